The van der Waals surface area contributed by atoms with E-state index in [0.29, 0.717) is 6.42 Å². The number of amides is 1. The number of hydrazine groups is 1. The van der Waals surface area contributed by atoms with Crippen molar-refractivity contribution in [2.75, 3.05) is 11.6 Å². The quantitative estimate of drug-likeness (QED) is 0.812. The van der Waals surface area contributed by atoms with Crippen molar-refractivity contribution in [2.24, 2.45) is 0 Å². The number of nitrogens with one attached hydrogen (secondary N) is 1. The molecule has 21 heavy (non-hydrogen) atoms. The third-order valence-electron chi connectivity index (χ3n) is 3.31. The monoisotopic (exact) mass is 282 g/mol. The molecular weight excluding hydrogens is 260 g/mol. The highest BCUT2D eigenvalue weighted by atomic mass is 16.2. The van der Waals surface area contributed by atoms with Gasteiger partial charge in [0.05, 0.1) is 5.69 Å². The first-order valence-corrected chi connectivity index (χ1v) is 7.47. The molecule has 0 atom stereocenters. The Kier molecular flexibility index (Phi) is 5.38. The van der Waals surface area contributed by atoms with Crippen molar-refractivity contribution < 1.29 is 4.79 Å². The van der Waals surface area contributed by atoms with Crippen LogP contribution in [0.25, 0.3) is 11.1 Å². The highest BCUT2D eigenvalue weighted by Gasteiger charge is 2.08. The summed E-state index contributed by atoms with van der Waals surface area (Å²) in [6.45, 7) is 4.76. The number of nitrogens with zero attached hydrogens (tertiary/aromatic N) is 1. The molecule has 1 amide bonds. The average molecular weight is 282 g/mol. The minimum absolute atomic E-state index is 0.0376. The van der Waals surface area contributed by atoms with Gasteiger partial charge < -0.3 is 0 Å². The Hall–Kier alpha value is -2.29. The molecule has 0 fully saturated rings. The minimum atomic E-state index is 0.0376. The fourth-order valence-corrected chi connectivity index (χ4v) is 2.17. The van der Waals surface area contributed by atoms with Gasteiger partial charge >= 0.3 is 0 Å². The molecule has 3 nitrogen and oxygen atoms in total. The molecule has 0 aliphatic heterocycles. The molecule has 0 aromatic heterocycles. The summed E-state index contributed by atoms with van der Waals surface area (Å²) in [6.07, 6.45) is 1.47. The summed E-state index contributed by atoms with van der Waals surface area (Å²) in [5, 5.41) is 1.92. The van der Waals surface area contributed by atoms with Crippen molar-refractivity contribution in [1.29, 1.82) is 0 Å². The van der Waals surface area contributed by atoms with Crippen LogP contribution in [0, 0.1) is 0 Å². The Morgan fingerprint density at radius 1 is 0.952 bits per heavy atom. The van der Waals surface area contributed by atoms with Gasteiger partial charge in [0.2, 0.25) is 5.91 Å². The summed E-state index contributed by atoms with van der Waals surface area (Å²) in [5.74, 6) is 0.0376. The Balaban J connectivity index is 2.17. The first-order valence-electron chi connectivity index (χ1n) is 7.47. The first kappa shape index (κ1) is 15.1. The maximum atomic E-state index is 11.6. The van der Waals surface area contributed by atoms with E-state index < -0.39 is 0 Å². The zero-order valence-electron chi connectivity index (χ0n) is 12.7. The van der Waals surface area contributed by atoms with Crippen LogP contribution in [0.4, 0.5) is 5.69 Å². The van der Waals surface area contributed by atoms with Crippen LogP contribution in [-0.4, -0.2) is 12.5 Å². The number of benzene rings is 2. The van der Waals surface area contributed by atoms with E-state index in [1.165, 1.54) is 11.1 Å². The molecule has 0 saturated carbocycles. The Labute approximate surface area is 126 Å². The normalized spacial score (nSPS) is 10.2. The third-order valence-corrected chi connectivity index (χ3v) is 3.31. The van der Waals surface area contributed by atoms with E-state index in [0.717, 1.165) is 18.7 Å². The lowest BCUT2D eigenvalue weighted by molar-refractivity contribution is -0.120. The van der Waals surface area contributed by atoms with Crippen molar-refractivity contribution in [1.82, 2.24) is 5.43 Å². The molecule has 0 spiro atoms. The van der Waals surface area contributed by atoms with Crippen LogP contribution < -0.4 is 10.4 Å². The first-order chi connectivity index (χ1) is 10.2. The van der Waals surface area contributed by atoms with Crippen LogP contribution in [0.5, 0.6) is 0 Å². The molecule has 0 aliphatic carbocycles. The van der Waals surface area contributed by atoms with Crippen LogP contribution in [0.1, 0.15) is 26.7 Å². The predicted octanol–water partition coefficient (Wildman–Crippen LogP) is 4.01. The average Bonchev–Trinajstić information content (AvgIpc) is 2.55. The molecule has 0 radical (unpaired) electrons. The molecule has 3 heteroatoms. The highest BCUT2D eigenvalue weighted by molar-refractivity contribution is 5.77. The predicted molar refractivity (Wildman–Crippen MR) is 87.9 cm³/mol. The molecule has 0 aliphatic rings. The summed E-state index contributed by atoms with van der Waals surface area (Å²) in [4.78, 5) is 11.6. The molecule has 2 aromatic rings. The topological polar surface area (TPSA) is 32.3 Å². The number of hydrogen-bond acceptors (Lipinski definition) is 2. The summed E-state index contributed by atoms with van der Waals surface area (Å²) in [5.41, 5.74) is 6.33. The second kappa shape index (κ2) is 7.48. The second-order valence-electron chi connectivity index (χ2n) is 4.95. The van der Waals surface area contributed by atoms with Gasteiger partial charge in [-0.25, -0.2) is 0 Å². The van der Waals surface area contributed by atoms with Gasteiger partial charge in [-0.1, -0.05) is 56.3 Å². The maximum Gasteiger partial charge on any atom is 0.238 e. The van der Waals surface area contributed by atoms with E-state index in [1.54, 1.807) is 0 Å². The van der Waals surface area contributed by atoms with Gasteiger partial charge in [0, 0.05) is 13.0 Å². The molecule has 0 saturated heterocycles. The molecule has 0 unspecified atom stereocenters. The molecule has 1 N–H and O–H groups in total. The van der Waals surface area contributed by atoms with Gasteiger partial charge in [-0.2, -0.15) is 0 Å². The zero-order valence-corrected chi connectivity index (χ0v) is 12.7. The fraction of sp³-hybridized carbons (Fsp3) is 0.278. The molecular formula is C18H22N2O. The van der Waals surface area contributed by atoms with Crippen LogP contribution in [-0.2, 0) is 4.79 Å². The van der Waals surface area contributed by atoms with Crippen molar-refractivity contribution >= 4 is 11.6 Å². The second-order valence-corrected chi connectivity index (χ2v) is 4.95. The van der Waals surface area contributed by atoms with Crippen molar-refractivity contribution in [3.05, 3.63) is 54.6 Å². The van der Waals surface area contributed by atoms with Crippen molar-refractivity contribution in [3.63, 3.8) is 0 Å². The maximum absolute atomic E-state index is 11.6. The van der Waals surface area contributed by atoms with Crippen molar-refractivity contribution in [3.8, 4) is 11.1 Å². The molecule has 0 heterocycles. The van der Waals surface area contributed by atoms with Crippen molar-refractivity contribution in [2.45, 2.75) is 26.7 Å². The van der Waals surface area contributed by atoms with E-state index in [-0.39, 0.29) is 5.91 Å². The lowest BCUT2D eigenvalue weighted by Gasteiger charge is -2.25. The van der Waals surface area contributed by atoms with Crippen LogP contribution >= 0.6 is 0 Å². The molecule has 2 aromatic carbocycles. The number of carbonyl (C=O) groups is 1. The SMILES string of the molecule is CCCN(NC(=O)CC)c1ccc(-c2ccccc2)cc1. The minimum Gasteiger partial charge on any atom is -0.286 e. The van der Waals surface area contributed by atoms with E-state index >= 15 is 0 Å². The van der Waals surface area contributed by atoms with Gasteiger partial charge in [0.25, 0.3) is 0 Å². The van der Waals surface area contributed by atoms with Gasteiger partial charge in [-0.15, -0.1) is 0 Å². The highest BCUT2D eigenvalue weighted by Crippen LogP contribution is 2.22. The standard InChI is InChI=1S/C18H22N2O/c1-3-14-20(19-18(21)4-2)17-12-10-16(11-13-17)15-8-6-5-7-9-15/h5-13H,3-4,14H2,1-2H3,(H,19,21). The van der Waals surface area contributed by atoms with Gasteiger partial charge in [-0.3, -0.25) is 15.2 Å². The van der Waals surface area contributed by atoms with Gasteiger partial charge in [0.15, 0.2) is 0 Å². The van der Waals surface area contributed by atoms with E-state index in [2.05, 4.69) is 36.6 Å². The van der Waals surface area contributed by atoms with E-state index in [4.69, 9.17) is 0 Å². The Bertz CT molecular complexity index is 564. The number of hydrogen-bond donors (Lipinski definition) is 1. The lowest BCUT2D eigenvalue weighted by Crippen LogP contribution is -2.42. The van der Waals surface area contributed by atoms with E-state index in [9.17, 15) is 4.79 Å². The number of rotatable bonds is 6. The smallest absolute Gasteiger partial charge is 0.238 e. The molecule has 110 valence electrons. The third kappa shape index (κ3) is 4.09. The fourth-order valence-electron chi connectivity index (χ4n) is 2.17. The van der Waals surface area contributed by atoms with Crippen LogP contribution in [0.3, 0.4) is 0 Å². The zero-order chi connectivity index (χ0) is 15.1. The lowest BCUT2D eigenvalue weighted by atomic mass is 10.1. The van der Waals surface area contributed by atoms with Gasteiger partial charge in [-0.05, 0) is 29.7 Å². The number of carbonyl (C=O) groups excluding carboxylic acids is 1. The Morgan fingerprint density at radius 3 is 2.14 bits per heavy atom. The van der Waals surface area contributed by atoms with Gasteiger partial charge in [0.1, 0.15) is 0 Å². The Morgan fingerprint density at radius 2 is 1.57 bits per heavy atom. The molecule has 0 bridgehead atoms. The number of anilines is 1. The summed E-state index contributed by atoms with van der Waals surface area (Å²) in [7, 11) is 0. The summed E-state index contributed by atoms with van der Waals surface area (Å²) >= 11 is 0. The van der Waals surface area contributed by atoms with Crippen LogP contribution in [0.2, 0.25) is 0 Å². The largest absolute Gasteiger partial charge is 0.286 e. The van der Waals surface area contributed by atoms with Crippen LogP contribution in [0.15, 0.2) is 54.6 Å². The molecule has 2 rings (SSSR count). The summed E-state index contributed by atoms with van der Waals surface area (Å²) < 4.78 is 0. The van der Waals surface area contributed by atoms with E-state index in [1.807, 2.05) is 42.3 Å². The summed E-state index contributed by atoms with van der Waals surface area (Å²) in [6, 6.07) is 18.6.